The summed E-state index contributed by atoms with van der Waals surface area (Å²) in [6.45, 7) is 10.0. The van der Waals surface area contributed by atoms with Gasteiger partial charge in [0.15, 0.2) is 13.2 Å². The largest absolute Gasteiger partial charge is 0.456 e. The highest BCUT2D eigenvalue weighted by Crippen LogP contribution is 2.61. The molecular weight excluding hydrogens is 596 g/mol. The fourth-order valence-corrected chi connectivity index (χ4v) is 11.7. The fraction of sp³-hybridized carbons (Fsp3) is 0.795. The van der Waals surface area contributed by atoms with Crippen LogP contribution in [-0.4, -0.2) is 48.3 Å². The maximum Gasteiger partial charge on any atom is 0.344 e. The maximum atomic E-state index is 13.1. The van der Waals surface area contributed by atoms with Gasteiger partial charge in [-0.3, -0.25) is 0 Å². The zero-order chi connectivity index (χ0) is 33.3. The molecule has 6 bridgehead atoms. The molecule has 8 nitrogen and oxygen atoms in total. The molecule has 6 saturated carbocycles. The smallest absolute Gasteiger partial charge is 0.344 e. The van der Waals surface area contributed by atoms with Crippen molar-refractivity contribution in [2.75, 3.05) is 13.2 Å². The topological polar surface area (TPSA) is 105 Å². The van der Waals surface area contributed by atoms with Gasteiger partial charge in [-0.1, -0.05) is 39.3 Å². The molecule has 0 N–H and O–H groups in total. The van der Waals surface area contributed by atoms with Gasteiger partial charge >= 0.3 is 23.9 Å². The van der Waals surface area contributed by atoms with Crippen molar-refractivity contribution < 1.29 is 38.1 Å². The van der Waals surface area contributed by atoms with Gasteiger partial charge in [0.2, 0.25) is 0 Å². The van der Waals surface area contributed by atoms with Gasteiger partial charge in [-0.05, 0) is 144 Å². The van der Waals surface area contributed by atoms with E-state index < -0.39 is 35.1 Å². The highest BCUT2D eigenvalue weighted by atomic mass is 16.6. The van der Waals surface area contributed by atoms with Crippen LogP contribution in [0.2, 0.25) is 0 Å². The third-order valence-electron chi connectivity index (χ3n) is 13.5. The molecule has 11 unspecified atom stereocenters. The predicted molar refractivity (Wildman–Crippen MR) is 176 cm³/mol. The number of esters is 4. The Morgan fingerprint density at radius 3 is 2.09 bits per heavy atom. The monoisotopic (exact) mass is 652 g/mol. The Bertz CT molecular complexity index is 1240. The number of hydrogen-bond donors (Lipinski definition) is 0. The summed E-state index contributed by atoms with van der Waals surface area (Å²) >= 11 is 0. The summed E-state index contributed by atoms with van der Waals surface area (Å²) in [4.78, 5) is 49.6. The van der Waals surface area contributed by atoms with Crippen LogP contribution >= 0.6 is 0 Å². The number of fused-ring (bicyclic) bond motifs is 4. The molecule has 0 amide bonds. The van der Waals surface area contributed by atoms with E-state index in [9.17, 15) is 19.2 Å². The van der Waals surface area contributed by atoms with Crippen molar-refractivity contribution in [2.24, 2.45) is 53.3 Å². The molecule has 0 saturated heterocycles. The molecule has 6 aliphatic carbocycles. The molecule has 0 spiro atoms. The summed E-state index contributed by atoms with van der Waals surface area (Å²) in [6.07, 6.45) is 18.6. The third kappa shape index (κ3) is 7.22. The Hall–Kier alpha value is -2.64. The van der Waals surface area contributed by atoms with Crippen molar-refractivity contribution in [3.05, 3.63) is 24.8 Å². The van der Waals surface area contributed by atoms with E-state index in [1.807, 2.05) is 0 Å². The maximum absolute atomic E-state index is 13.1. The van der Waals surface area contributed by atoms with E-state index in [1.54, 1.807) is 6.92 Å². The summed E-state index contributed by atoms with van der Waals surface area (Å²) in [7, 11) is 0. The first kappa shape index (κ1) is 34.2. The molecule has 0 aromatic rings. The van der Waals surface area contributed by atoms with Gasteiger partial charge in [-0.2, -0.15) is 0 Å². The molecule has 11 atom stereocenters. The van der Waals surface area contributed by atoms with Crippen LogP contribution in [0.15, 0.2) is 24.8 Å². The molecule has 260 valence electrons. The second kappa shape index (κ2) is 14.1. The summed E-state index contributed by atoms with van der Waals surface area (Å²) in [5.74, 6) is 3.29. The first-order valence-electron chi connectivity index (χ1n) is 18.6. The second-order valence-corrected chi connectivity index (χ2v) is 16.3. The molecular formula is C39H56O8. The predicted octanol–water partition coefficient (Wildman–Crippen LogP) is 7.29. The number of rotatable bonds is 14. The van der Waals surface area contributed by atoms with Crippen LogP contribution in [-0.2, 0) is 38.1 Å². The third-order valence-corrected chi connectivity index (χ3v) is 13.5. The fourth-order valence-electron chi connectivity index (χ4n) is 11.7. The summed E-state index contributed by atoms with van der Waals surface area (Å²) in [6, 6.07) is 0. The van der Waals surface area contributed by atoms with Gasteiger partial charge in [0.05, 0.1) is 0 Å². The van der Waals surface area contributed by atoms with E-state index >= 15 is 0 Å². The number of carbonyl (C=O) groups excluding carboxylic acids is 4. The average Bonchev–Trinajstić information content (AvgIpc) is 3.04. The number of ether oxygens (including phenoxy) is 4. The van der Waals surface area contributed by atoms with Gasteiger partial charge in [-0.25, -0.2) is 19.2 Å². The van der Waals surface area contributed by atoms with Crippen molar-refractivity contribution in [1.29, 1.82) is 0 Å². The zero-order valence-corrected chi connectivity index (χ0v) is 28.7. The highest BCUT2D eigenvalue weighted by Gasteiger charge is 2.57. The minimum atomic E-state index is -0.599. The average molecular weight is 653 g/mol. The van der Waals surface area contributed by atoms with E-state index in [0.717, 1.165) is 95.0 Å². The first-order chi connectivity index (χ1) is 22.5. The van der Waals surface area contributed by atoms with E-state index in [-0.39, 0.29) is 18.8 Å². The van der Waals surface area contributed by atoms with E-state index in [0.29, 0.717) is 41.4 Å². The Kier molecular flexibility index (Phi) is 10.2. The standard InChI is InChI=1S/C39H56O8/c1-5-11-38(46-36(42)23-45-37(43)24(3)4)21-31-15-26(29-16-30(31)19-33(38)18-29)8-7-12-39(47-35(41)22-44-34(40)6-2)20-27-10-9-25-13-28(27)17-32(39)14-25/h6,25-33H,2-3,5,7-23H2,1,4H3. The van der Waals surface area contributed by atoms with Gasteiger partial charge in [0.1, 0.15) is 11.2 Å². The lowest BCUT2D eigenvalue weighted by molar-refractivity contribution is -0.199. The Balaban J connectivity index is 1.10. The zero-order valence-electron chi connectivity index (χ0n) is 28.7. The van der Waals surface area contributed by atoms with Crippen molar-refractivity contribution in [2.45, 2.75) is 128 Å². The molecule has 47 heavy (non-hydrogen) atoms. The van der Waals surface area contributed by atoms with Crippen LogP contribution in [0, 0.1) is 53.3 Å². The minimum Gasteiger partial charge on any atom is -0.456 e. The Labute approximate surface area is 280 Å². The van der Waals surface area contributed by atoms with E-state index in [4.69, 9.17) is 18.9 Å². The Morgan fingerprint density at radius 2 is 1.38 bits per heavy atom. The van der Waals surface area contributed by atoms with Crippen LogP contribution in [0.25, 0.3) is 0 Å². The van der Waals surface area contributed by atoms with Crippen LogP contribution in [0.3, 0.4) is 0 Å². The lowest BCUT2D eigenvalue weighted by atomic mass is 9.49. The molecule has 8 heteroatoms. The number of hydrogen-bond acceptors (Lipinski definition) is 8. The van der Waals surface area contributed by atoms with Crippen molar-refractivity contribution in [3.63, 3.8) is 0 Å². The normalized spacial score (nSPS) is 39.4. The summed E-state index contributed by atoms with van der Waals surface area (Å²) in [5, 5.41) is 0. The quantitative estimate of drug-likeness (QED) is 0.109. The lowest BCUT2D eigenvalue weighted by Gasteiger charge is -2.59. The van der Waals surface area contributed by atoms with Crippen molar-refractivity contribution >= 4 is 23.9 Å². The minimum absolute atomic E-state index is 0.272. The van der Waals surface area contributed by atoms with Crippen LogP contribution in [0.5, 0.6) is 0 Å². The summed E-state index contributed by atoms with van der Waals surface area (Å²) < 4.78 is 23.0. The Morgan fingerprint density at radius 1 is 0.745 bits per heavy atom. The molecule has 0 aliphatic heterocycles. The first-order valence-corrected chi connectivity index (χ1v) is 18.6. The highest BCUT2D eigenvalue weighted by molar-refractivity contribution is 5.88. The number of carbonyl (C=O) groups is 4. The molecule has 0 aromatic heterocycles. The van der Waals surface area contributed by atoms with Crippen LogP contribution in [0.1, 0.15) is 117 Å². The van der Waals surface area contributed by atoms with Crippen LogP contribution in [0.4, 0.5) is 0 Å². The van der Waals surface area contributed by atoms with Crippen molar-refractivity contribution in [3.8, 4) is 0 Å². The SMILES string of the molecule is C=CC(=O)OCC(=O)OC1(CCCC2CC3CC(CCC)(OC(=O)COC(=O)C(=C)C)C4CC2CC3C4)CC2CCC3CC2CC1C3. The van der Waals surface area contributed by atoms with E-state index in [1.165, 1.54) is 25.7 Å². The van der Waals surface area contributed by atoms with Gasteiger partial charge in [0.25, 0.3) is 0 Å². The van der Waals surface area contributed by atoms with Gasteiger partial charge < -0.3 is 18.9 Å². The summed E-state index contributed by atoms with van der Waals surface area (Å²) in [5.41, 5.74) is -0.661. The van der Waals surface area contributed by atoms with Crippen molar-refractivity contribution in [1.82, 2.24) is 0 Å². The van der Waals surface area contributed by atoms with Crippen LogP contribution < -0.4 is 0 Å². The second-order valence-electron chi connectivity index (χ2n) is 16.3. The molecule has 0 aromatic carbocycles. The van der Waals surface area contributed by atoms with Gasteiger partial charge in [-0.15, -0.1) is 0 Å². The lowest BCUT2D eigenvalue weighted by Crippen LogP contribution is -2.56. The van der Waals surface area contributed by atoms with Gasteiger partial charge in [0, 0.05) is 11.6 Å². The molecule has 6 fully saturated rings. The van der Waals surface area contributed by atoms with E-state index in [2.05, 4.69) is 20.1 Å². The molecule has 6 rings (SSSR count). The molecule has 0 radical (unpaired) electrons. The molecule has 0 heterocycles. The molecule has 6 aliphatic rings.